The van der Waals surface area contributed by atoms with Gasteiger partial charge in [-0.3, -0.25) is 0 Å². The number of nitrogens with zero attached hydrogens (tertiary/aromatic N) is 1. The van der Waals surface area contributed by atoms with Crippen LogP contribution in [0.15, 0.2) is 29.3 Å². The summed E-state index contributed by atoms with van der Waals surface area (Å²) in [6.07, 6.45) is 0. The van der Waals surface area contributed by atoms with Gasteiger partial charge < -0.3 is 10.6 Å². The number of rotatable bonds is 4. The van der Waals surface area contributed by atoms with Gasteiger partial charge in [0.25, 0.3) is 0 Å². The summed E-state index contributed by atoms with van der Waals surface area (Å²) in [4.78, 5) is 4.45. The third-order valence-corrected chi connectivity index (χ3v) is 2.23. The fraction of sp³-hybridized carbons (Fsp3) is 0.417. The smallest absolute Gasteiger partial charge is 0.191 e. The van der Waals surface area contributed by atoms with Crippen LogP contribution in [-0.4, -0.2) is 19.0 Å². The number of nitrogens with one attached hydrogen (secondary N) is 2. The van der Waals surface area contributed by atoms with Crippen LogP contribution in [0.4, 0.5) is 0 Å². The van der Waals surface area contributed by atoms with Crippen molar-refractivity contribution in [3.63, 3.8) is 0 Å². The number of aliphatic imine (C=N–C) groups is 1. The molecule has 0 aromatic heterocycles. The second-order valence-corrected chi connectivity index (χ2v) is 3.79. The van der Waals surface area contributed by atoms with Crippen molar-refractivity contribution in [3.8, 4) is 0 Å². The lowest BCUT2D eigenvalue weighted by molar-refractivity contribution is 0.839. The largest absolute Gasteiger partial charge is 0.357 e. The minimum atomic E-state index is 0. The molecule has 0 saturated carbocycles. The summed E-state index contributed by atoms with van der Waals surface area (Å²) in [6, 6.07) is 7.75. The van der Waals surface area contributed by atoms with E-state index < -0.39 is 0 Å². The Kier molecular flexibility index (Phi) is 9.26. The predicted molar refractivity (Wildman–Crippen MR) is 85.4 cm³/mol. The number of hydrogen-bond donors (Lipinski definition) is 2. The Morgan fingerprint density at radius 1 is 1.24 bits per heavy atom. The standard InChI is InChI=1S/C12H18ClN3.HI/c1-3-14-12(15-4-2)16-9-10-6-5-7-11(13)8-10;/h5-8H,3-4,9H2,1-2H3,(H2,14,15,16);1H. The van der Waals surface area contributed by atoms with Crippen molar-refractivity contribution in [1.82, 2.24) is 10.6 Å². The lowest BCUT2D eigenvalue weighted by Gasteiger charge is -2.08. The van der Waals surface area contributed by atoms with E-state index in [0.717, 1.165) is 29.6 Å². The van der Waals surface area contributed by atoms with Gasteiger partial charge in [0.05, 0.1) is 6.54 Å². The molecule has 0 atom stereocenters. The molecule has 2 N–H and O–H groups in total. The van der Waals surface area contributed by atoms with E-state index in [2.05, 4.69) is 15.6 Å². The van der Waals surface area contributed by atoms with Gasteiger partial charge in [-0.1, -0.05) is 23.7 Å². The molecule has 1 aromatic rings. The van der Waals surface area contributed by atoms with Crippen LogP contribution >= 0.6 is 35.6 Å². The van der Waals surface area contributed by atoms with E-state index in [1.165, 1.54) is 0 Å². The van der Waals surface area contributed by atoms with E-state index in [1.54, 1.807) is 0 Å². The zero-order valence-corrected chi connectivity index (χ0v) is 13.3. The molecule has 0 amide bonds. The normalized spacial score (nSPS) is 9.12. The van der Waals surface area contributed by atoms with Gasteiger partial charge in [0.1, 0.15) is 0 Å². The molecular formula is C12H19ClIN3. The molecule has 0 radical (unpaired) electrons. The number of halogens is 2. The van der Waals surface area contributed by atoms with Gasteiger partial charge in [-0.2, -0.15) is 0 Å². The SMILES string of the molecule is CCNC(=NCc1cccc(Cl)c1)NCC.I. The molecule has 0 heterocycles. The second kappa shape index (κ2) is 9.53. The molecule has 0 aliphatic carbocycles. The van der Waals surface area contributed by atoms with Crippen molar-refractivity contribution >= 4 is 41.5 Å². The summed E-state index contributed by atoms with van der Waals surface area (Å²) in [5.74, 6) is 0.838. The van der Waals surface area contributed by atoms with Crippen molar-refractivity contribution in [2.24, 2.45) is 4.99 Å². The fourth-order valence-corrected chi connectivity index (χ4v) is 1.53. The van der Waals surface area contributed by atoms with Gasteiger partial charge in [0.15, 0.2) is 5.96 Å². The highest BCUT2D eigenvalue weighted by molar-refractivity contribution is 14.0. The number of guanidine groups is 1. The highest BCUT2D eigenvalue weighted by Crippen LogP contribution is 2.11. The second-order valence-electron chi connectivity index (χ2n) is 3.36. The molecule has 0 aliphatic rings. The Hall–Kier alpha value is -0.490. The van der Waals surface area contributed by atoms with Crippen molar-refractivity contribution in [3.05, 3.63) is 34.9 Å². The minimum absolute atomic E-state index is 0. The summed E-state index contributed by atoms with van der Waals surface area (Å²) in [5.41, 5.74) is 1.11. The summed E-state index contributed by atoms with van der Waals surface area (Å²) < 4.78 is 0. The maximum Gasteiger partial charge on any atom is 0.191 e. The van der Waals surface area contributed by atoms with E-state index >= 15 is 0 Å². The lowest BCUT2D eigenvalue weighted by Crippen LogP contribution is -2.36. The molecule has 0 bridgehead atoms. The van der Waals surface area contributed by atoms with Crippen molar-refractivity contribution < 1.29 is 0 Å². The lowest BCUT2D eigenvalue weighted by atomic mass is 10.2. The fourth-order valence-electron chi connectivity index (χ4n) is 1.31. The first-order valence-corrected chi connectivity index (χ1v) is 5.90. The highest BCUT2D eigenvalue weighted by atomic mass is 127. The van der Waals surface area contributed by atoms with Crippen LogP contribution in [0.5, 0.6) is 0 Å². The zero-order valence-electron chi connectivity index (χ0n) is 10.2. The van der Waals surface area contributed by atoms with Gasteiger partial charge in [-0.25, -0.2) is 4.99 Å². The summed E-state index contributed by atoms with van der Waals surface area (Å²) in [6.45, 7) is 6.46. The average molecular weight is 368 g/mol. The highest BCUT2D eigenvalue weighted by Gasteiger charge is 1.96. The molecule has 0 aliphatic heterocycles. The van der Waals surface area contributed by atoms with Crippen LogP contribution in [-0.2, 0) is 6.54 Å². The number of benzene rings is 1. The summed E-state index contributed by atoms with van der Waals surface area (Å²) in [7, 11) is 0. The van der Waals surface area contributed by atoms with Gasteiger partial charge in [-0.05, 0) is 31.5 Å². The van der Waals surface area contributed by atoms with Crippen LogP contribution in [0.2, 0.25) is 5.02 Å². The van der Waals surface area contributed by atoms with Crippen molar-refractivity contribution in [2.45, 2.75) is 20.4 Å². The first-order valence-electron chi connectivity index (χ1n) is 5.53. The molecule has 0 spiro atoms. The van der Waals surface area contributed by atoms with Crippen LogP contribution in [0, 0.1) is 0 Å². The third kappa shape index (κ3) is 6.73. The quantitative estimate of drug-likeness (QED) is 0.487. The first-order chi connectivity index (χ1) is 7.76. The Balaban J connectivity index is 0.00000256. The topological polar surface area (TPSA) is 36.4 Å². The molecule has 1 rings (SSSR count). The van der Waals surface area contributed by atoms with E-state index in [-0.39, 0.29) is 24.0 Å². The van der Waals surface area contributed by atoms with E-state index in [1.807, 2.05) is 38.1 Å². The molecule has 0 unspecified atom stereocenters. The van der Waals surface area contributed by atoms with E-state index in [9.17, 15) is 0 Å². The number of hydrogen-bond acceptors (Lipinski definition) is 1. The molecule has 3 nitrogen and oxygen atoms in total. The summed E-state index contributed by atoms with van der Waals surface area (Å²) in [5, 5.41) is 7.10. The van der Waals surface area contributed by atoms with Gasteiger partial charge in [0.2, 0.25) is 0 Å². The van der Waals surface area contributed by atoms with Crippen LogP contribution in [0.3, 0.4) is 0 Å². The van der Waals surface area contributed by atoms with Crippen LogP contribution in [0.25, 0.3) is 0 Å². The van der Waals surface area contributed by atoms with Crippen LogP contribution < -0.4 is 10.6 Å². The Morgan fingerprint density at radius 3 is 2.41 bits per heavy atom. The molecule has 1 aromatic carbocycles. The van der Waals surface area contributed by atoms with Gasteiger partial charge in [-0.15, -0.1) is 24.0 Å². The maximum atomic E-state index is 5.90. The monoisotopic (exact) mass is 367 g/mol. The molecule has 17 heavy (non-hydrogen) atoms. The molecule has 5 heteroatoms. The molecular weight excluding hydrogens is 349 g/mol. The van der Waals surface area contributed by atoms with Crippen molar-refractivity contribution in [1.29, 1.82) is 0 Å². The summed E-state index contributed by atoms with van der Waals surface area (Å²) >= 11 is 5.90. The zero-order chi connectivity index (χ0) is 11.8. The third-order valence-electron chi connectivity index (χ3n) is 2.00. The van der Waals surface area contributed by atoms with E-state index in [0.29, 0.717) is 6.54 Å². The molecule has 96 valence electrons. The predicted octanol–water partition coefficient (Wildman–Crippen LogP) is 3.03. The Bertz CT molecular complexity index is 347. The van der Waals surface area contributed by atoms with E-state index in [4.69, 9.17) is 11.6 Å². The maximum absolute atomic E-state index is 5.90. The van der Waals surface area contributed by atoms with Gasteiger partial charge >= 0.3 is 0 Å². The average Bonchev–Trinajstić information content (AvgIpc) is 2.27. The Morgan fingerprint density at radius 2 is 1.88 bits per heavy atom. The molecule has 0 saturated heterocycles. The van der Waals surface area contributed by atoms with Crippen molar-refractivity contribution in [2.75, 3.05) is 13.1 Å². The first kappa shape index (κ1) is 16.5. The van der Waals surface area contributed by atoms with Crippen LogP contribution in [0.1, 0.15) is 19.4 Å². The minimum Gasteiger partial charge on any atom is -0.357 e. The molecule has 0 fully saturated rings. The Labute approximate surface area is 125 Å². The van der Waals surface area contributed by atoms with Gasteiger partial charge in [0, 0.05) is 18.1 Å².